The van der Waals surface area contributed by atoms with Gasteiger partial charge in [-0.05, 0) is 37.9 Å². The standard InChI is InChI=1S/C19H23Cl2N3O3S/c1-24(2)17(14-7-3-4-8-15(14)20)13-22-19(25)11-12-23-28(26,27)18-10-6-5-9-16(18)21/h3-10,17,23H,11-13H2,1-2H3,(H,22,25). The van der Waals surface area contributed by atoms with Crippen molar-refractivity contribution in [2.75, 3.05) is 27.2 Å². The molecule has 9 heteroatoms. The second-order valence-corrected chi connectivity index (χ2v) is 8.93. The quantitative estimate of drug-likeness (QED) is 0.623. The van der Waals surface area contributed by atoms with Gasteiger partial charge < -0.3 is 10.2 Å². The highest BCUT2D eigenvalue weighted by molar-refractivity contribution is 7.89. The molecule has 1 unspecified atom stereocenters. The van der Waals surface area contributed by atoms with Crippen molar-refractivity contribution < 1.29 is 13.2 Å². The minimum absolute atomic E-state index is 0.00630. The molecule has 0 saturated carbocycles. The zero-order valence-electron chi connectivity index (χ0n) is 15.7. The number of rotatable bonds is 9. The maximum absolute atomic E-state index is 12.3. The summed E-state index contributed by atoms with van der Waals surface area (Å²) in [6, 6.07) is 13.5. The van der Waals surface area contributed by atoms with Crippen molar-refractivity contribution in [1.29, 1.82) is 0 Å². The van der Waals surface area contributed by atoms with E-state index in [9.17, 15) is 13.2 Å². The highest BCUT2D eigenvalue weighted by Crippen LogP contribution is 2.25. The molecule has 2 N–H and O–H groups in total. The lowest BCUT2D eigenvalue weighted by Gasteiger charge is -2.26. The second kappa shape index (κ2) is 10.2. The van der Waals surface area contributed by atoms with E-state index in [2.05, 4.69) is 10.0 Å². The van der Waals surface area contributed by atoms with Gasteiger partial charge in [0.1, 0.15) is 4.90 Å². The average Bonchev–Trinajstić information content (AvgIpc) is 2.63. The van der Waals surface area contributed by atoms with E-state index in [4.69, 9.17) is 23.2 Å². The number of sulfonamides is 1. The number of hydrogen-bond donors (Lipinski definition) is 2. The lowest BCUT2D eigenvalue weighted by Crippen LogP contribution is -2.36. The first kappa shape index (κ1) is 22.6. The van der Waals surface area contributed by atoms with E-state index in [1.807, 2.05) is 37.2 Å². The Morgan fingerprint density at radius 3 is 2.25 bits per heavy atom. The first-order valence-electron chi connectivity index (χ1n) is 8.64. The number of carbonyl (C=O) groups is 1. The summed E-state index contributed by atoms with van der Waals surface area (Å²) in [6.45, 7) is 0.324. The van der Waals surface area contributed by atoms with Gasteiger partial charge in [-0.25, -0.2) is 13.1 Å². The van der Waals surface area contributed by atoms with E-state index in [0.717, 1.165) is 5.56 Å². The third kappa shape index (κ3) is 6.18. The van der Waals surface area contributed by atoms with E-state index in [-0.39, 0.29) is 34.8 Å². The van der Waals surface area contributed by atoms with Crippen LogP contribution in [0.4, 0.5) is 0 Å². The van der Waals surface area contributed by atoms with Gasteiger partial charge in [0.25, 0.3) is 0 Å². The van der Waals surface area contributed by atoms with Gasteiger partial charge in [0.05, 0.1) is 11.1 Å². The van der Waals surface area contributed by atoms with Crippen molar-refractivity contribution in [3.05, 3.63) is 64.1 Å². The number of likely N-dealkylation sites (N-methyl/N-ethyl adjacent to an activating group) is 1. The number of benzene rings is 2. The molecule has 2 aromatic rings. The maximum Gasteiger partial charge on any atom is 0.242 e. The van der Waals surface area contributed by atoms with Gasteiger partial charge >= 0.3 is 0 Å². The minimum atomic E-state index is -3.77. The molecule has 1 amide bonds. The van der Waals surface area contributed by atoms with Crippen molar-refractivity contribution in [3.63, 3.8) is 0 Å². The zero-order valence-corrected chi connectivity index (χ0v) is 18.0. The summed E-state index contributed by atoms with van der Waals surface area (Å²) < 4.78 is 26.9. The van der Waals surface area contributed by atoms with Crippen LogP contribution in [0.1, 0.15) is 18.0 Å². The third-order valence-electron chi connectivity index (χ3n) is 4.15. The number of carbonyl (C=O) groups excluding carboxylic acids is 1. The highest BCUT2D eigenvalue weighted by atomic mass is 35.5. The Morgan fingerprint density at radius 1 is 1.04 bits per heavy atom. The summed E-state index contributed by atoms with van der Waals surface area (Å²) in [5.41, 5.74) is 0.911. The molecule has 0 aliphatic heterocycles. The topological polar surface area (TPSA) is 78.5 Å². The number of hydrogen-bond acceptors (Lipinski definition) is 4. The van der Waals surface area contributed by atoms with Gasteiger partial charge in [-0.3, -0.25) is 4.79 Å². The predicted octanol–water partition coefficient (Wildman–Crippen LogP) is 3.08. The maximum atomic E-state index is 12.3. The number of amides is 1. The molecule has 0 radical (unpaired) electrons. The van der Waals surface area contributed by atoms with E-state index < -0.39 is 10.0 Å². The Balaban J connectivity index is 1.88. The summed E-state index contributed by atoms with van der Waals surface area (Å²) in [7, 11) is 0.0338. The Kier molecular flexibility index (Phi) is 8.27. The van der Waals surface area contributed by atoms with Crippen molar-refractivity contribution in [2.24, 2.45) is 0 Å². The normalized spacial score (nSPS) is 12.8. The largest absolute Gasteiger partial charge is 0.354 e. The van der Waals surface area contributed by atoms with Crippen LogP contribution in [0.5, 0.6) is 0 Å². The molecular formula is C19H23Cl2N3O3S. The Hall–Kier alpha value is -1.64. The molecule has 0 spiro atoms. The van der Waals surface area contributed by atoms with Crippen LogP contribution in [0.3, 0.4) is 0 Å². The van der Waals surface area contributed by atoms with E-state index in [1.54, 1.807) is 18.2 Å². The predicted molar refractivity (Wildman–Crippen MR) is 112 cm³/mol. The van der Waals surface area contributed by atoms with Crippen molar-refractivity contribution >= 4 is 39.1 Å². The van der Waals surface area contributed by atoms with Crippen LogP contribution in [0.2, 0.25) is 10.0 Å². The molecule has 28 heavy (non-hydrogen) atoms. The molecular weight excluding hydrogens is 421 g/mol. The van der Waals surface area contributed by atoms with Crippen LogP contribution in [-0.4, -0.2) is 46.4 Å². The Labute approximate surface area is 175 Å². The summed E-state index contributed by atoms with van der Waals surface area (Å²) in [6.07, 6.45) is 0.00630. The zero-order chi connectivity index (χ0) is 20.7. The molecule has 1 atom stereocenters. The highest BCUT2D eigenvalue weighted by Gasteiger charge is 2.19. The molecule has 2 rings (SSSR count). The summed E-state index contributed by atoms with van der Waals surface area (Å²) >= 11 is 12.2. The second-order valence-electron chi connectivity index (χ2n) is 6.38. The van der Waals surface area contributed by atoms with Crippen molar-refractivity contribution in [3.8, 4) is 0 Å². The summed E-state index contributed by atoms with van der Waals surface area (Å²) in [5.74, 6) is -0.263. The first-order valence-corrected chi connectivity index (χ1v) is 10.9. The van der Waals surface area contributed by atoms with Crippen LogP contribution < -0.4 is 10.0 Å². The lowest BCUT2D eigenvalue weighted by molar-refractivity contribution is -0.121. The molecule has 0 bridgehead atoms. The van der Waals surface area contributed by atoms with Gasteiger partial charge in [0.15, 0.2) is 0 Å². The molecule has 0 saturated heterocycles. The molecule has 152 valence electrons. The van der Waals surface area contributed by atoms with Gasteiger partial charge in [0.2, 0.25) is 15.9 Å². The Bertz CT molecular complexity index is 920. The van der Waals surface area contributed by atoms with Gasteiger partial charge in [0, 0.05) is 24.5 Å². The molecule has 6 nitrogen and oxygen atoms in total. The number of halogens is 2. The SMILES string of the molecule is CN(C)C(CNC(=O)CCNS(=O)(=O)c1ccccc1Cl)c1ccccc1Cl. The van der Waals surface area contributed by atoms with E-state index in [0.29, 0.717) is 11.6 Å². The van der Waals surface area contributed by atoms with Crippen LogP contribution >= 0.6 is 23.2 Å². The molecule has 0 aliphatic carbocycles. The molecule has 0 heterocycles. The molecule has 2 aromatic carbocycles. The first-order chi connectivity index (χ1) is 13.2. The van der Waals surface area contributed by atoms with Gasteiger partial charge in [-0.1, -0.05) is 53.5 Å². The monoisotopic (exact) mass is 443 g/mol. The molecule has 0 aliphatic rings. The summed E-state index contributed by atoms with van der Waals surface area (Å²) in [5, 5.41) is 3.59. The van der Waals surface area contributed by atoms with Gasteiger partial charge in [-0.2, -0.15) is 0 Å². The Morgan fingerprint density at radius 2 is 1.64 bits per heavy atom. The van der Waals surface area contributed by atoms with E-state index >= 15 is 0 Å². The summed E-state index contributed by atoms with van der Waals surface area (Å²) in [4.78, 5) is 14.1. The molecule has 0 fully saturated rings. The van der Waals surface area contributed by atoms with Crippen molar-refractivity contribution in [1.82, 2.24) is 14.9 Å². The van der Waals surface area contributed by atoms with Crippen LogP contribution in [0.25, 0.3) is 0 Å². The average molecular weight is 444 g/mol. The van der Waals surface area contributed by atoms with Crippen LogP contribution in [-0.2, 0) is 14.8 Å². The van der Waals surface area contributed by atoms with E-state index in [1.165, 1.54) is 12.1 Å². The number of nitrogens with one attached hydrogen (secondary N) is 2. The smallest absolute Gasteiger partial charge is 0.242 e. The number of nitrogens with zero attached hydrogens (tertiary/aromatic N) is 1. The fourth-order valence-electron chi connectivity index (χ4n) is 2.65. The fourth-order valence-corrected chi connectivity index (χ4v) is 4.47. The van der Waals surface area contributed by atoms with Crippen molar-refractivity contribution in [2.45, 2.75) is 17.4 Å². The van der Waals surface area contributed by atoms with Crippen LogP contribution in [0.15, 0.2) is 53.4 Å². The van der Waals surface area contributed by atoms with Gasteiger partial charge in [-0.15, -0.1) is 0 Å². The molecule has 0 aromatic heterocycles. The third-order valence-corrected chi connectivity index (χ3v) is 6.46. The lowest BCUT2D eigenvalue weighted by atomic mass is 10.1. The minimum Gasteiger partial charge on any atom is -0.354 e. The fraction of sp³-hybridized carbons (Fsp3) is 0.316. The van der Waals surface area contributed by atoms with Crippen LogP contribution in [0, 0.1) is 0 Å².